The molecule has 2 N–H and O–H groups in total. The van der Waals surface area contributed by atoms with Gasteiger partial charge in [0, 0.05) is 5.75 Å². The van der Waals surface area contributed by atoms with Gasteiger partial charge in [-0.05, 0) is 29.3 Å². The number of hydrazone groups is 1. The Kier molecular flexibility index (Phi) is 7.91. The second-order valence-corrected chi connectivity index (χ2v) is 9.04. The molecule has 0 aliphatic carbocycles. The summed E-state index contributed by atoms with van der Waals surface area (Å²) in [7, 11) is 1.47. The van der Waals surface area contributed by atoms with E-state index in [-0.39, 0.29) is 17.4 Å². The lowest BCUT2D eigenvalue weighted by molar-refractivity contribution is -0.118. The van der Waals surface area contributed by atoms with E-state index in [1.165, 1.54) is 48.1 Å². The first-order valence-corrected chi connectivity index (χ1v) is 11.2. The largest absolute Gasteiger partial charge is 0.504 e. The molecule has 10 heteroatoms. The third-order valence-electron chi connectivity index (χ3n) is 3.53. The molecule has 7 nitrogen and oxygen atoms in total. The van der Waals surface area contributed by atoms with Gasteiger partial charge in [0.25, 0.3) is 5.91 Å². The third kappa shape index (κ3) is 6.77. The van der Waals surface area contributed by atoms with Gasteiger partial charge < -0.3 is 9.84 Å². The van der Waals surface area contributed by atoms with Crippen LogP contribution in [0.15, 0.2) is 62.3 Å². The molecule has 0 spiro atoms. The summed E-state index contributed by atoms with van der Waals surface area (Å²) in [5.74, 6) is 1.16. The number of nitrogens with one attached hydrogen (secondary N) is 1. The highest BCUT2D eigenvalue weighted by molar-refractivity contribution is 8.03. The second kappa shape index (κ2) is 10.8. The fraction of sp³-hybridized carbons (Fsp3) is 0.158. The molecule has 0 saturated heterocycles. The smallest absolute Gasteiger partial charge is 0.250 e. The van der Waals surface area contributed by atoms with E-state index in [0.29, 0.717) is 11.3 Å². The van der Waals surface area contributed by atoms with Crippen molar-refractivity contribution < 1.29 is 14.6 Å². The number of methoxy groups -OCH3 is 1. The number of phenolic OH excluding ortho intramolecular Hbond substituents is 1. The topological polar surface area (TPSA) is 96.7 Å². The summed E-state index contributed by atoms with van der Waals surface area (Å²) >= 11 is 4.41. The number of benzene rings is 2. The second-order valence-electron chi connectivity index (χ2n) is 5.62. The minimum Gasteiger partial charge on any atom is -0.504 e. The summed E-state index contributed by atoms with van der Waals surface area (Å²) in [5, 5.41) is 21.7. The Balaban J connectivity index is 1.42. The number of ether oxygens (including phenoxy) is 1. The molecule has 3 rings (SSSR count). The number of carbonyl (C=O) groups excluding carboxylic acids is 1. The molecule has 2 aromatic carbocycles. The molecule has 0 saturated carbocycles. The molecule has 0 aliphatic rings. The maximum atomic E-state index is 11.9. The fourth-order valence-corrected chi connectivity index (χ4v) is 4.91. The molecule has 0 fully saturated rings. The highest BCUT2D eigenvalue weighted by atomic mass is 32.2. The SMILES string of the molecule is COc1cc(/C=N\NC(=O)CSc2nnc(SCc3ccccc3)s2)ccc1O. The summed E-state index contributed by atoms with van der Waals surface area (Å²) in [6.07, 6.45) is 1.48. The van der Waals surface area contributed by atoms with Gasteiger partial charge in [-0.25, -0.2) is 5.43 Å². The molecular formula is C19H18N4O3S3. The quantitative estimate of drug-likeness (QED) is 0.293. The lowest BCUT2D eigenvalue weighted by Gasteiger charge is -2.03. The maximum absolute atomic E-state index is 11.9. The molecule has 0 atom stereocenters. The molecule has 0 bridgehead atoms. The van der Waals surface area contributed by atoms with Gasteiger partial charge in [-0.1, -0.05) is 65.2 Å². The van der Waals surface area contributed by atoms with Gasteiger partial charge in [0.2, 0.25) is 0 Å². The van der Waals surface area contributed by atoms with Crippen LogP contribution in [0.2, 0.25) is 0 Å². The van der Waals surface area contributed by atoms with Gasteiger partial charge in [0.05, 0.1) is 19.1 Å². The molecule has 1 amide bonds. The number of hydrogen-bond donors (Lipinski definition) is 2. The van der Waals surface area contributed by atoms with Crippen molar-refractivity contribution >= 4 is 47.0 Å². The van der Waals surface area contributed by atoms with Crippen molar-refractivity contribution in [1.82, 2.24) is 15.6 Å². The number of aromatic hydroxyl groups is 1. The van der Waals surface area contributed by atoms with E-state index in [2.05, 4.69) is 32.9 Å². The highest BCUT2D eigenvalue weighted by Crippen LogP contribution is 2.30. The number of phenols is 1. The number of thioether (sulfide) groups is 2. The van der Waals surface area contributed by atoms with Crippen LogP contribution >= 0.6 is 34.9 Å². The van der Waals surface area contributed by atoms with E-state index >= 15 is 0 Å². The van der Waals surface area contributed by atoms with Gasteiger partial charge >= 0.3 is 0 Å². The number of aromatic nitrogens is 2. The minimum absolute atomic E-state index is 0.0449. The Morgan fingerprint density at radius 3 is 2.72 bits per heavy atom. The van der Waals surface area contributed by atoms with Crippen molar-refractivity contribution in [1.29, 1.82) is 0 Å². The summed E-state index contributed by atoms with van der Waals surface area (Å²) in [6.45, 7) is 0. The predicted octanol–water partition coefficient (Wildman–Crippen LogP) is 3.79. The van der Waals surface area contributed by atoms with E-state index in [4.69, 9.17) is 4.74 Å². The zero-order valence-electron chi connectivity index (χ0n) is 15.4. The monoisotopic (exact) mass is 446 g/mol. The number of nitrogens with zero attached hydrogens (tertiary/aromatic N) is 3. The Hall–Kier alpha value is -2.56. The van der Waals surface area contributed by atoms with Gasteiger partial charge in [-0.2, -0.15) is 5.10 Å². The van der Waals surface area contributed by atoms with E-state index in [0.717, 1.165) is 14.4 Å². The van der Waals surface area contributed by atoms with Gasteiger partial charge in [0.1, 0.15) is 0 Å². The standard InChI is InChI=1S/C19H18N4O3S3/c1-26-16-9-14(7-8-15(16)24)10-20-21-17(25)12-28-19-23-22-18(29-19)27-11-13-5-3-2-4-6-13/h2-10,24H,11-12H2,1H3,(H,21,25)/b20-10-. The molecule has 1 aromatic heterocycles. The van der Waals surface area contributed by atoms with Crippen molar-refractivity contribution in [3.8, 4) is 11.5 Å². The highest BCUT2D eigenvalue weighted by Gasteiger charge is 2.08. The Morgan fingerprint density at radius 2 is 1.97 bits per heavy atom. The van der Waals surface area contributed by atoms with E-state index < -0.39 is 0 Å². The van der Waals surface area contributed by atoms with Crippen LogP contribution in [0.3, 0.4) is 0 Å². The lowest BCUT2D eigenvalue weighted by atomic mass is 10.2. The molecule has 0 unspecified atom stereocenters. The van der Waals surface area contributed by atoms with Crippen LogP contribution < -0.4 is 10.2 Å². The molecule has 3 aromatic rings. The van der Waals surface area contributed by atoms with Crippen LogP contribution in [-0.4, -0.2) is 40.3 Å². The summed E-state index contributed by atoms with van der Waals surface area (Å²) in [4.78, 5) is 11.9. The molecule has 1 heterocycles. The van der Waals surface area contributed by atoms with Crippen molar-refractivity contribution in [3.05, 3.63) is 59.7 Å². The zero-order valence-corrected chi connectivity index (χ0v) is 17.9. The molecule has 0 aliphatic heterocycles. The van der Waals surface area contributed by atoms with E-state index in [1.54, 1.807) is 23.9 Å². The van der Waals surface area contributed by atoms with Gasteiger partial charge in [-0.15, -0.1) is 10.2 Å². The summed E-state index contributed by atoms with van der Waals surface area (Å²) in [6, 6.07) is 14.9. The number of rotatable bonds is 9. The number of amides is 1. The van der Waals surface area contributed by atoms with Crippen LogP contribution in [0, 0.1) is 0 Å². The van der Waals surface area contributed by atoms with Crippen LogP contribution in [0.1, 0.15) is 11.1 Å². The maximum Gasteiger partial charge on any atom is 0.250 e. The first-order chi connectivity index (χ1) is 14.1. The Bertz CT molecular complexity index is 980. The summed E-state index contributed by atoms with van der Waals surface area (Å²) < 4.78 is 6.64. The normalized spacial score (nSPS) is 10.9. The van der Waals surface area contributed by atoms with Crippen LogP contribution in [0.4, 0.5) is 0 Å². The number of carbonyl (C=O) groups is 1. The fourth-order valence-electron chi connectivity index (χ4n) is 2.15. The van der Waals surface area contributed by atoms with E-state index in [1.807, 2.05) is 18.2 Å². The predicted molar refractivity (Wildman–Crippen MR) is 117 cm³/mol. The average Bonchev–Trinajstić information content (AvgIpc) is 3.20. The lowest BCUT2D eigenvalue weighted by Crippen LogP contribution is -2.19. The van der Waals surface area contributed by atoms with Crippen molar-refractivity contribution in [3.63, 3.8) is 0 Å². The molecular weight excluding hydrogens is 428 g/mol. The first kappa shape index (κ1) is 21.2. The van der Waals surface area contributed by atoms with Crippen molar-refractivity contribution in [2.24, 2.45) is 5.10 Å². The molecule has 0 radical (unpaired) electrons. The van der Waals surface area contributed by atoms with Crippen LogP contribution in [0.25, 0.3) is 0 Å². The van der Waals surface area contributed by atoms with Gasteiger partial charge in [0.15, 0.2) is 20.2 Å². The first-order valence-electron chi connectivity index (χ1n) is 8.46. The van der Waals surface area contributed by atoms with Crippen LogP contribution in [-0.2, 0) is 10.5 Å². The molecule has 29 heavy (non-hydrogen) atoms. The van der Waals surface area contributed by atoms with Crippen molar-refractivity contribution in [2.75, 3.05) is 12.9 Å². The minimum atomic E-state index is -0.245. The third-order valence-corrected chi connectivity index (χ3v) is 6.79. The van der Waals surface area contributed by atoms with Crippen molar-refractivity contribution in [2.45, 2.75) is 14.4 Å². The average molecular weight is 447 g/mol. The summed E-state index contributed by atoms with van der Waals surface area (Å²) in [5.41, 5.74) is 4.38. The zero-order chi connectivity index (χ0) is 20.5. The van der Waals surface area contributed by atoms with E-state index in [9.17, 15) is 9.90 Å². The van der Waals surface area contributed by atoms with Crippen LogP contribution in [0.5, 0.6) is 11.5 Å². The molecule has 150 valence electrons. The number of hydrogen-bond acceptors (Lipinski definition) is 9. The Morgan fingerprint density at radius 1 is 1.21 bits per heavy atom. The van der Waals surface area contributed by atoms with Gasteiger partial charge in [-0.3, -0.25) is 4.79 Å². The Labute approximate surface area is 180 Å².